The lowest BCUT2D eigenvalue weighted by Gasteiger charge is -2.57. The second-order valence-corrected chi connectivity index (χ2v) is 11.4. The van der Waals surface area contributed by atoms with E-state index in [1.165, 1.54) is 38.5 Å². The average Bonchev–Trinajstić information content (AvgIpc) is 2.25. The van der Waals surface area contributed by atoms with Gasteiger partial charge in [0.15, 0.2) is 0 Å². The van der Waals surface area contributed by atoms with Crippen LogP contribution < -0.4 is 0 Å². The van der Waals surface area contributed by atoms with Crippen molar-refractivity contribution in [3.63, 3.8) is 0 Å². The highest BCUT2D eigenvalue weighted by Crippen LogP contribution is 2.60. The molecule has 0 unspecified atom stereocenters. The molecule has 0 aliphatic heterocycles. The second-order valence-electron chi connectivity index (χ2n) is 7.51. The first-order chi connectivity index (χ1) is 8.00. The Hall–Kier alpha value is -0.0831. The predicted molar refractivity (Wildman–Crippen MR) is 74.2 cm³/mol. The standard InChI is InChI=1S/C15H26OSi/c1-4-17(2,3)16-11-15-8-12-5-13(9-15)7-14(6-12)10-15/h4,12-14H,1,5-11H2,2-3H3. The maximum atomic E-state index is 6.28. The summed E-state index contributed by atoms with van der Waals surface area (Å²) in [7, 11) is -1.57. The third kappa shape index (κ3) is 2.26. The van der Waals surface area contributed by atoms with E-state index in [0.717, 1.165) is 24.4 Å². The minimum absolute atomic E-state index is 0.571. The van der Waals surface area contributed by atoms with Crippen molar-refractivity contribution in [1.82, 2.24) is 0 Å². The number of hydrogen-bond donors (Lipinski definition) is 0. The molecule has 0 N–H and O–H groups in total. The molecular weight excluding hydrogens is 224 g/mol. The molecule has 1 nitrogen and oxygen atoms in total. The van der Waals surface area contributed by atoms with Gasteiger partial charge in [-0.3, -0.25) is 0 Å². The van der Waals surface area contributed by atoms with Gasteiger partial charge in [0.2, 0.25) is 8.32 Å². The van der Waals surface area contributed by atoms with Gasteiger partial charge in [0.25, 0.3) is 0 Å². The van der Waals surface area contributed by atoms with Crippen LogP contribution in [0.25, 0.3) is 0 Å². The fourth-order valence-corrected chi connectivity index (χ4v) is 5.66. The Balaban J connectivity index is 1.68. The molecule has 4 aliphatic rings. The summed E-state index contributed by atoms with van der Waals surface area (Å²) in [5.41, 5.74) is 2.65. The van der Waals surface area contributed by atoms with Crippen molar-refractivity contribution in [2.75, 3.05) is 6.61 Å². The molecule has 17 heavy (non-hydrogen) atoms. The van der Waals surface area contributed by atoms with Crippen molar-refractivity contribution in [2.24, 2.45) is 23.2 Å². The summed E-state index contributed by atoms with van der Waals surface area (Å²) >= 11 is 0. The van der Waals surface area contributed by atoms with Gasteiger partial charge in [0.1, 0.15) is 0 Å². The fraction of sp³-hybridized carbons (Fsp3) is 0.867. The zero-order valence-electron chi connectivity index (χ0n) is 11.4. The fourth-order valence-electron chi connectivity index (χ4n) is 4.86. The molecule has 0 aromatic rings. The topological polar surface area (TPSA) is 9.23 Å². The molecule has 96 valence electrons. The van der Waals surface area contributed by atoms with Crippen LogP contribution in [0.5, 0.6) is 0 Å². The lowest BCUT2D eigenvalue weighted by Crippen LogP contribution is -2.49. The van der Waals surface area contributed by atoms with Gasteiger partial charge in [0, 0.05) is 6.61 Å². The highest BCUT2D eigenvalue weighted by atomic mass is 28.4. The highest BCUT2D eigenvalue weighted by molar-refractivity contribution is 6.76. The third-order valence-corrected chi connectivity index (χ3v) is 7.28. The van der Waals surface area contributed by atoms with Crippen LogP contribution in [0.3, 0.4) is 0 Å². The maximum Gasteiger partial charge on any atom is 0.210 e. The van der Waals surface area contributed by atoms with Crippen molar-refractivity contribution in [3.8, 4) is 0 Å². The molecular formula is C15H26OSi. The van der Waals surface area contributed by atoms with Crippen LogP contribution in [0.1, 0.15) is 38.5 Å². The van der Waals surface area contributed by atoms with Crippen molar-refractivity contribution in [1.29, 1.82) is 0 Å². The monoisotopic (exact) mass is 250 g/mol. The molecule has 0 amide bonds. The lowest BCUT2D eigenvalue weighted by atomic mass is 9.50. The summed E-state index contributed by atoms with van der Waals surface area (Å²) in [5.74, 6) is 3.12. The van der Waals surface area contributed by atoms with E-state index < -0.39 is 8.32 Å². The summed E-state index contributed by atoms with van der Waals surface area (Å²) in [6.45, 7) is 9.49. The van der Waals surface area contributed by atoms with Crippen molar-refractivity contribution in [3.05, 3.63) is 12.3 Å². The Morgan fingerprint density at radius 1 is 1.12 bits per heavy atom. The molecule has 0 heterocycles. The third-order valence-electron chi connectivity index (χ3n) is 5.41. The van der Waals surface area contributed by atoms with Crippen LogP contribution >= 0.6 is 0 Å². The Morgan fingerprint density at radius 2 is 1.59 bits per heavy atom. The SMILES string of the molecule is C=C[Si](C)(C)OCC12CC3CC(CC(C3)C1)C2. The van der Waals surface area contributed by atoms with Crippen LogP contribution in [0.2, 0.25) is 13.1 Å². The van der Waals surface area contributed by atoms with Crippen LogP contribution in [-0.4, -0.2) is 14.9 Å². The summed E-state index contributed by atoms with van der Waals surface area (Å²) in [6, 6.07) is 0. The van der Waals surface area contributed by atoms with Gasteiger partial charge >= 0.3 is 0 Å². The van der Waals surface area contributed by atoms with Gasteiger partial charge in [-0.25, -0.2) is 0 Å². The summed E-state index contributed by atoms with van der Waals surface area (Å²) in [6.07, 6.45) is 8.96. The van der Waals surface area contributed by atoms with Crippen LogP contribution in [0.15, 0.2) is 12.3 Å². The van der Waals surface area contributed by atoms with Crippen molar-refractivity contribution in [2.45, 2.75) is 51.6 Å². The summed E-state index contributed by atoms with van der Waals surface area (Å²) in [4.78, 5) is 0. The first-order valence-electron chi connectivity index (χ1n) is 7.28. The van der Waals surface area contributed by atoms with Crippen molar-refractivity contribution >= 4 is 8.32 Å². The van der Waals surface area contributed by atoms with Gasteiger partial charge in [-0.2, -0.15) is 0 Å². The average molecular weight is 250 g/mol. The maximum absolute atomic E-state index is 6.28. The Bertz CT molecular complexity index is 286. The van der Waals surface area contributed by atoms with Crippen LogP contribution in [0, 0.1) is 23.2 Å². The van der Waals surface area contributed by atoms with E-state index in [1.54, 1.807) is 0 Å². The predicted octanol–water partition coefficient (Wildman–Crippen LogP) is 4.15. The Kier molecular flexibility index (Phi) is 2.79. The molecule has 0 aromatic heterocycles. The first-order valence-corrected chi connectivity index (χ1v) is 10.3. The minimum atomic E-state index is -1.57. The molecule has 4 aliphatic carbocycles. The molecule has 4 saturated carbocycles. The van der Waals surface area contributed by atoms with E-state index in [1.807, 2.05) is 0 Å². The van der Waals surface area contributed by atoms with E-state index in [0.29, 0.717) is 5.41 Å². The van der Waals surface area contributed by atoms with Gasteiger partial charge in [0.05, 0.1) is 0 Å². The normalized spacial score (nSPS) is 44.0. The zero-order valence-corrected chi connectivity index (χ0v) is 12.4. The van der Waals surface area contributed by atoms with Gasteiger partial charge in [-0.1, -0.05) is 5.70 Å². The molecule has 0 spiro atoms. The highest BCUT2D eigenvalue weighted by Gasteiger charge is 2.51. The first kappa shape index (κ1) is 12.0. The van der Waals surface area contributed by atoms with Gasteiger partial charge < -0.3 is 4.43 Å². The summed E-state index contributed by atoms with van der Waals surface area (Å²) in [5, 5.41) is 0. The lowest BCUT2D eigenvalue weighted by molar-refractivity contribution is -0.0758. The second kappa shape index (κ2) is 3.96. The van der Waals surface area contributed by atoms with E-state index in [9.17, 15) is 0 Å². The van der Waals surface area contributed by atoms with Crippen molar-refractivity contribution < 1.29 is 4.43 Å². The van der Waals surface area contributed by atoms with Gasteiger partial charge in [-0.15, -0.1) is 6.58 Å². The van der Waals surface area contributed by atoms with Gasteiger partial charge in [-0.05, 0) is 74.8 Å². The Morgan fingerprint density at radius 3 is 2.00 bits per heavy atom. The molecule has 2 heteroatoms. The molecule has 4 bridgehead atoms. The van der Waals surface area contributed by atoms with E-state index in [4.69, 9.17) is 4.43 Å². The minimum Gasteiger partial charge on any atom is -0.413 e. The van der Waals surface area contributed by atoms with E-state index in [-0.39, 0.29) is 0 Å². The molecule has 0 radical (unpaired) electrons. The smallest absolute Gasteiger partial charge is 0.210 e. The number of hydrogen-bond acceptors (Lipinski definition) is 1. The largest absolute Gasteiger partial charge is 0.413 e. The summed E-state index contributed by atoms with van der Waals surface area (Å²) < 4.78 is 6.28. The quantitative estimate of drug-likeness (QED) is 0.681. The molecule has 0 aromatic carbocycles. The van der Waals surface area contributed by atoms with Crippen LogP contribution in [-0.2, 0) is 4.43 Å². The van der Waals surface area contributed by atoms with Crippen LogP contribution in [0.4, 0.5) is 0 Å². The number of rotatable bonds is 4. The molecule has 0 saturated heterocycles. The molecule has 0 atom stereocenters. The van der Waals surface area contributed by atoms with E-state index in [2.05, 4.69) is 25.4 Å². The Labute approximate surface area is 107 Å². The molecule has 4 rings (SSSR count). The van der Waals surface area contributed by atoms with E-state index >= 15 is 0 Å². The zero-order chi connectivity index (χ0) is 12.1. The molecule has 4 fully saturated rings.